The minimum Gasteiger partial charge on any atom is -0.383 e. The third-order valence-electron chi connectivity index (χ3n) is 1.41. The monoisotopic (exact) mass is 387 g/mol. The molecule has 0 unspecified atom stereocenters. The van der Waals surface area contributed by atoms with Crippen LogP contribution in [0.5, 0.6) is 0 Å². The highest BCUT2D eigenvalue weighted by Crippen LogP contribution is 2.23. The molecule has 62 valence electrons. The first-order chi connectivity index (χ1) is 5.70. The number of halogens is 2. The zero-order valence-corrected chi connectivity index (χ0v) is 10.0. The van der Waals surface area contributed by atoms with E-state index in [9.17, 15) is 0 Å². The van der Waals surface area contributed by atoms with Crippen molar-refractivity contribution in [2.45, 2.75) is 0 Å². The molecule has 0 aliphatic carbocycles. The molecule has 0 fully saturated rings. The molecule has 0 saturated heterocycles. The summed E-state index contributed by atoms with van der Waals surface area (Å²) in [5, 5.41) is 4.98. The van der Waals surface area contributed by atoms with Crippen molar-refractivity contribution in [2.24, 2.45) is 0 Å². The molecule has 0 bridgehead atoms. The zero-order valence-electron chi connectivity index (χ0n) is 5.70. The van der Waals surface area contributed by atoms with Crippen molar-refractivity contribution in [3.8, 4) is 0 Å². The molecule has 0 saturated carbocycles. The summed E-state index contributed by atoms with van der Waals surface area (Å²) in [5.74, 6) is 0.479. The zero-order chi connectivity index (χ0) is 8.72. The van der Waals surface area contributed by atoms with E-state index in [1.165, 1.54) is 6.33 Å². The van der Waals surface area contributed by atoms with E-state index >= 15 is 0 Å². The highest BCUT2D eigenvalue weighted by Gasteiger charge is 2.10. The maximum Gasteiger partial charge on any atom is 0.174 e. The molecule has 2 N–H and O–H groups in total. The molecule has 5 nitrogen and oxygen atoms in total. The molecule has 7 heteroatoms. The number of anilines is 1. The molecule has 2 heterocycles. The Morgan fingerprint density at radius 1 is 1.42 bits per heavy atom. The third-order valence-corrected chi connectivity index (χ3v) is 2.84. The van der Waals surface area contributed by atoms with E-state index in [0.29, 0.717) is 5.82 Å². The number of fused-ring (bicyclic) bond motifs is 1. The number of hydrogen-bond donors (Lipinski definition) is 1. The first kappa shape index (κ1) is 8.41. The summed E-state index contributed by atoms with van der Waals surface area (Å²) in [4.78, 5) is 7.95. The molecule has 0 aliphatic heterocycles. The van der Waals surface area contributed by atoms with Crippen LogP contribution in [0.2, 0.25) is 0 Å². The highest BCUT2D eigenvalue weighted by molar-refractivity contribution is 14.1. The van der Waals surface area contributed by atoms with E-state index in [1.807, 2.05) is 0 Å². The average Bonchev–Trinajstić information content (AvgIpc) is 2.29. The molecule has 2 aromatic heterocycles. The maximum atomic E-state index is 5.66. The van der Waals surface area contributed by atoms with Gasteiger partial charge >= 0.3 is 0 Å². The second kappa shape index (κ2) is 2.94. The minimum absolute atomic E-state index is 0.479. The van der Waals surface area contributed by atoms with Gasteiger partial charge in [-0.1, -0.05) is 0 Å². The molecule has 0 atom stereocenters. The van der Waals surface area contributed by atoms with Crippen LogP contribution in [0.4, 0.5) is 5.82 Å². The molecule has 2 rings (SSSR count). The quantitative estimate of drug-likeness (QED) is 0.691. The van der Waals surface area contributed by atoms with Gasteiger partial charge in [0.2, 0.25) is 0 Å². The van der Waals surface area contributed by atoms with Crippen molar-refractivity contribution >= 4 is 62.3 Å². The number of nitrogen functional groups attached to an aromatic ring is 1. The lowest BCUT2D eigenvalue weighted by molar-refractivity contribution is 1.04. The van der Waals surface area contributed by atoms with Crippen LogP contribution in [0.25, 0.3) is 11.0 Å². The number of aromatic nitrogens is 4. The summed E-state index contributed by atoms with van der Waals surface area (Å²) >= 11 is 4.16. The van der Waals surface area contributed by atoms with E-state index in [4.69, 9.17) is 5.73 Å². The number of hydrogen-bond acceptors (Lipinski definition) is 4. The highest BCUT2D eigenvalue weighted by atomic mass is 127. The van der Waals surface area contributed by atoms with Gasteiger partial charge in [-0.25, -0.2) is 9.97 Å². The second-order valence-corrected chi connectivity index (χ2v) is 4.04. The smallest absolute Gasteiger partial charge is 0.174 e. The molecule has 2 aromatic rings. The average molecular weight is 387 g/mol. The van der Waals surface area contributed by atoms with Gasteiger partial charge < -0.3 is 5.73 Å². The molecule has 0 spiro atoms. The van der Waals surface area contributed by atoms with E-state index in [1.54, 1.807) is 2.90 Å². The van der Waals surface area contributed by atoms with Crippen LogP contribution in [-0.2, 0) is 0 Å². The van der Waals surface area contributed by atoms with Crippen LogP contribution in [0.1, 0.15) is 0 Å². The van der Waals surface area contributed by atoms with Gasteiger partial charge in [0.05, 0.1) is 28.3 Å². The molecule has 0 radical (unpaired) electrons. The Kier molecular flexibility index (Phi) is 2.06. The Hall–Kier alpha value is -0.190. The van der Waals surface area contributed by atoms with Crippen molar-refractivity contribution in [2.75, 3.05) is 5.73 Å². The minimum atomic E-state index is 0.479. The first-order valence-corrected chi connectivity index (χ1v) is 5.05. The summed E-state index contributed by atoms with van der Waals surface area (Å²) in [6.07, 6.45) is 1.44. The van der Waals surface area contributed by atoms with Gasteiger partial charge in [-0.3, -0.25) is 0 Å². The van der Waals surface area contributed by atoms with Crippen molar-refractivity contribution < 1.29 is 0 Å². The van der Waals surface area contributed by atoms with Crippen LogP contribution in [0, 0.1) is 3.70 Å². The molecule has 12 heavy (non-hydrogen) atoms. The predicted molar refractivity (Wildman–Crippen MR) is 61.9 cm³/mol. The lowest BCUT2D eigenvalue weighted by Gasteiger charge is -1.92. The summed E-state index contributed by atoms with van der Waals surface area (Å²) in [6, 6.07) is 0. The van der Waals surface area contributed by atoms with Gasteiger partial charge in [-0.05, 0) is 22.6 Å². The normalized spacial score (nSPS) is 10.8. The SMILES string of the molecule is Nc1ncnc2c1c(I)nn2I. The summed E-state index contributed by atoms with van der Waals surface area (Å²) in [7, 11) is 0. The Morgan fingerprint density at radius 2 is 2.17 bits per heavy atom. The standard InChI is InChI=1S/C5H3I2N5/c6-3-2-4(8)9-1-10-5(2)12(7)11-3/h1H,(H2,8,9,10). The molecule has 0 amide bonds. The number of rotatable bonds is 0. The van der Waals surface area contributed by atoms with E-state index < -0.39 is 0 Å². The number of nitrogens with zero attached hydrogens (tertiary/aromatic N) is 4. The van der Waals surface area contributed by atoms with Crippen LogP contribution >= 0.6 is 45.5 Å². The van der Waals surface area contributed by atoms with E-state index in [-0.39, 0.29) is 0 Å². The number of nitrogens with two attached hydrogens (primary N) is 1. The Morgan fingerprint density at radius 3 is 2.83 bits per heavy atom. The van der Waals surface area contributed by atoms with Crippen LogP contribution in [0.15, 0.2) is 6.33 Å². The summed E-state index contributed by atoms with van der Waals surface area (Å²) in [6.45, 7) is 0. The van der Waals surface area contributed by atoms with Gasteiger partial charge in [0.15, 0.2) is 5.65 Å². The van der Waals surface area contributed by atoms with Crippen LogP contribution in [-0.4, -0.2) is 18.0 Å². The van der Waals surface area contributed by atoms with Gasteiger partial charge in [-0.2, -0.15) is 7.99 Å². The van der Waals surface area contributed by atoms with Crippen LogP contribution < -0.4 is 5.73 Å². The predicted octanol–water partition coefficient (Wildman–Crippen LogP) is 1.21. The van der Waals surface area contributed by atoms with Gasteiger partial charge in [0.25, 0.3) is 0 Å². The fourth-order valence-electron chi connectivity index (χ4n) is 0.902. The Labute approximate surface area is 95.4 Å². The van der Waals surface area contributed by atoms with Crippen molar-refractivity contribution in [1.82, 2.24) is 18.0 Å². The lowest BCUT2D eigenvalue weighted by Crippen LogP contribution is -1.92. The summed E-state index contributed by atoms with van der Waals surface area (Å²) < 4.78 is 2.49. The fourth-order valence-corrected chi connectivity index (χ4v) is 2.63. The molecular weight excluding hydrogens is 384 g/mol. The topological polar surface area (TPSA) is 69.6 Å². The van der Waals surface area contributed by atoms with Crippen molar-refractivity contribution in [1.29, 1.82) is 0 Å². The first-order valence-electron chi connectivity index (χ1n) is 3.01. The van der Waals surface area contributed by atoms with Gasteiger partial charge in [0, 0.05) is 0 Å². The molecular formula is C5H3I2N5. The third kappa shape index (κ3) is 1.14. The summed E-state index contributed by atoms with van der Waals surface area (Å²) in [5.41, 5.74) is 6.41. The van der Waals surface area contributed by atoms with Crippen molar-refractivity contribution in [3.63, 3.8) is 0 Å². The van der Waals surface area contributed by atoms with Gasteiger partial charge in [-0.15, -0.1) is 0 Å². The van der Waals surface area contributed by atoms with E-state index in [0.717, 1.165) is 14.7 Å². The largest absolute Gasteiger partial charge is 0.383 e. The lowest BCUT2D eigenvalue weighted by atomic mass is 10.4. The van der Waals surface area contributed by atoms with Crippen LogP contribution in [0.3, 0.4) is 0 Å². The van der Waals surface area contributed by atoms with Gasteiger partial charge in [0.1, 0.15) is 15.8 Å². The molecule has 0 aromatic carbocycles. The second-order valence-electron chi connectivity index (χ2n) is 2.11. The maximum absolute atomic E-state index is 5.66. The Balaban J connectivity index is 2.99. The molecule has 0 aliphatic rings. The van der Waals surface area contributed by atoms with E-state index in [2.05, 4.69) is 60.5 Å². The van der Waals surface area contributed by atoms with Crippen molar-refractivity contribution in [3.05, 3.63) is 10.0 Å². The Bertz CT molecular complexity index is 437. The fraction of sp³-hybridized carbons (Fsp3) is 0.